The third-order valence-electron chi connectivity index (χ3n) is 3.19. The summed E-state index contributed by atoms with van der Waals surface area (Å²) >= 11 is 5.90. The fraction of sp³-hybridized carbons (Fsp3) is 0.188. The summed E-state index contributed by atoms with van der Waals surface area (Å²) in [6.45, 7) is 1.80. The number of para-hydroxylation sites is 2. The second kappa shape index (κ2) is 5.66. The molecule has 0 fully saturated rings. The number of halogens is 1. The summed E-state index contributed by atoms with van der Waals surface area (Å²) in [5.41, 5.74) is 0.627. The van der Waals surface area contributed by atoms with Crippen LogP contribution in [0.15, 0.2) is 48.5 Å². The maximum atomic E-state index is 12.3. The quantitative estimate of drug-likeness (QED) is 0.923. The predicted molar refractivity (Wildman–Crippen MR) is 81.0 cm³/mol. The van der Waals surface area contributed by atoms with Crippen molar-refractivity contribution in [2.45, 2.75) is 19.1 Å². The molecule has 3 rings (SSSR count). The first-order chi connectivity index (χ1) is 10.1. The lowest BCUT2D eigenvalue weighted by Gasteiger charge is -2.31. The number of hydrogen-bond acceptors (Lipinski definition) is 3. The van der Waals surface area contributed by atoms with Crippen molar-refractivity contribution >= 4 is 23.2 Å². The number of carbonyl (C=O) groups excluding carboxylic acids is 1. The number of hydrogen-bond donors (Lipinski definition) is 1. The van der Waals surface area contributed by atoms with Gasteiger partial charge in [0.15, 0.2) is 11.5 Å². The summed E-state index contributed by atoms with van der Waals surface area (Å²) < 4.78 is 11.5. The summed E-state index contributed by atoms with van der Waals surface area (Å²) in [6, 6.07) is 14.3. The van der Waals surface area contributed by atoms with Crippen LogP contribution in [0.2, 0.25) is 5.02 Å². The summed E-state index contributed by atoms with van der Waals surface area (Å²) in [4.78, 5) is 12.3. The molecule has 0 aliphatic carbocycles. The first kappa shape index (κ1) is 13.8. The lowest BCUT2D eigenvalue weighted by molar-refractivity contribution is -0.128. The molecule has 0 unspecified atom stereocenters. The van der Waals surface area contributed by atoms with Crippen molar-refractivity contribution in [2.75, 3.05) is 5.32 Å². The molecule has 21 heavy (non-hydrogen) atoms. The molecule has 1 aliphatic heterocycles. The molecule has 4 nitrogen and oxygen atoms in total. The number of nitrogens with one attached hydrogen (secondary N) is 1. The Kier molecular flexibility index (Phi) is 3.71. The first-order valence-electron chi connectivity index (χ1n) is 6.62. The maximum absolute atomic E-state index is 12.3. The fourth-order valence-corrected chi connectivity index (χ4v) is 2.38. The molecular formula is C16H14ClNO3. The Labute approximate surface area is 127 Å². The molecule has 0 radical (unpaired) electrons. The van der Waals surface area contributed by atoms with Crippen LogP contribution in [0.1, 0.15) is 6.92 Å². The Balaban J connectivity index is 1.76. The summed E-state index contributed by atoms with van der Waals surface area (Å²) in [7, 11) is 0. The van der Waals surface area contributed by atoms with Crippen LogP contribution in [-0.2, 0) is 4.79 Å². The average Bonchev–Trinajstić information content (AvgIpc) is 2.46. The average molecular weight is 304 g/mol. The fourth-order valence-electron chi connectivity index (χ4n) is 2.19. The molecule has 2 aromatic carbocycles. The van der Waals surface area contributed by atoms with Gasteiger partial charge < -0.3 is 14.8 Å². The molecule has 0 spiro atoms. The standard InChI is InChI=1S/C16H14ClNO3/c1-10-15(21-14-8-3-2-7-13(14)20-10)16(19)18-12-6-4-5-11(17)9-12/h2-10,15H,1H3,(H,18,19)/t10-,15-/m0/s1. The molecule has 1 amide bonds. The van der Waals surface area contributed by atoms with E-state index in [-0.39, 0.29) is 12.0 Å². The minimum atomic E-state index is -0.709. The zero-order valence-corrected chi connectivity index (χ0v) is 12.1. The topological polar surface area (TPSA) is 47.6 Å². The Bertz CT molecular complexity index is 674. The third-order valence-corrected chi connectivity index (χ3v) is 3.43. The zero-order chi connectivity index (χ0) is 14.8. The smallest absolute Gasteiger partial charge is 0.269 e. The summed E-state index contributed by atoms with van der Waals surface area (Å²) in [6.07, 6.45) is -1.09. The molecule has 1 heterocycles. The predicted octanol–water partition coefficient (Wildman–Crippen LogP) is 3.51. The van der Waals surface area contributed by atoms with Gasteiger partial charge in [-0.05, 0) is 37.3 Å². The Hall–Kier alpha value is -2.20. The largest absolute Gasteiger partial charge is 0.482 e. The van der Waals surface area contributed by atoms with E-state index in [4.69, 9.17) is 21.1 Å². The summed E-state index contributed by atoms with van der Waals surface area (Å²) in [5, 5.41) is 3.35. The van der Waals surface area contributed by atoms with E-state index in [1.165, 1.54) is 0 Å². The molecule has 1 aliphatic rings. The number of benzene rings is 2. The van der Waals surface area contributed by atoms with Gasteiger partial charge in [0.1, 0.15) is 6.10 Å². The van der Waals surface area contributed by atoms with Crippen molar-refractivity contribution < 1.29 is 14.3 Å². The maximum Gasteiger partial charge on any atom is 0.269 e. The van der Waals surface area contributed by atoms with Gasteiger partial charge >= 0.3 is 0 Å². The monoisotopic (exact) mass is 303 g/mol. The van der Waals surface area contributed by atoms with E-state index in [0.29, 0.717) is 22.2 Å². The van der Waals surface area contributed by atoms with Crippen LogP contribution < -0.4 is 14.8 Å². The van der Waals surface area contributed by atoms with E-state index >= 15 is 0 Å². The van der Waals surface area contributed by atoms with Gasteiger partial charge in [0, 0.05) is 10.7 Å². The Morgan fingerprint density at radius 3 is 2.52 bits per heavy atom. The van der Waals surface area contributed by atoms with Gasteiger partial charge in [-0.25, -0.2) is 0 Å². The molecule has 2 aromatic rings. The third kappa shape index (κ3) is 2.95. The number of anilines is 1. The molecule has 1 N–H and O–H groups in total. The van der Waals surface area contributed by atoms with E-state index in [1.54, 1.807) is 37.3 Å². The van der Waals surface area contributed by atoms with E-state index in [2.05, 4.69) is 5.32 Å². The molecular weight excluding hydrogens is 290 g/mol. The molecule has 5 heteroatoms. The molecule has 0 saturated heterocycles. The van der Waals surface area contributed by atoms with Crippen LogP contribution in [0.4, 0.5) is 5.69 Å². The van der Waals surface area contributed by atoms with Gasteiger partial charge in [-0.15, -0.1) is 0 Å². The highest BCUT2D eigenvalue weighted by Gasteiger charge is 2.34. The van der Waals surface area contributed by atoms with Gasteiger partial charge in [-0.3, -0.25) is 4.79 Å². The van der Waals surface area contributed by atoms with Gasteiger partial charge in [-0.2, -0.15) is 0 Å². The van der Waals surface area contributed by atoms with Gasteiger partial charge in [0.25, 0.3) is 5.91 Å². The minimum absolute atomic E-state index is 0.265. The van der Waals surface area contributed by atoms with Crippen LogP contribution in [0, 0.1) is 0 Å². The van der Waals surface area contributed by atoms with Gasteiger partial charge in [0.2, 0.25) is 6.10 Å². The van der Waals surface area contributed by atoms with Crippen LogP contribution in [0.5, 0.6) is 11.5 Å². The van der Waals surface area contributed by atoms with E-state index in [0.717, 1.165) is 0 Å². The zero-order valence-electron chi connectivity index (χ0n) is 11.4. The molecule has 0 bridgehead atoms. The highest BCUT2D eigenvalue weighted by Crippen LogP contribution is 2.33. The molecule has 0 aromatic heterocycles. The molecule has 108 valence electrons. The Morgan fingerprint density at radius 1 is 1.10 bits per heavy atom. The van der Waals surface area contributed by atoms with Crippen molar-refractivity contribution in [1.82, 2.24) is 0 Å². The van der Waals surface area contributed by atoms with Crippen LogP contribution in [-0.4, -0.2) is 18.1 Å². The first-order valence-corrected chi connectivity index (χ1v) is 7.00. The SMILES string of the molecule is C[C@@H]1Oc2ccccc2O[C@@H]1C(=O)Nc1cccc(Cl)c1. The second-order valence-electron chi connectivity index (χ2n) is 4.81. The highest BCUT2D eigenvalue weighted by atomic mass is 35.5. The Morgan fingerprint density at radius 2 is 1.81 bits per heavy atom. The van der Waals surface area contributed by atoms with Crippen molar-refractivity contribution in [1.29, 1.82) is 0 Å². The van der Waals surface area contributed by atoms with E-state index < -0.39 is 6.10 Å². The molecule has 0 saturated carbocycles. The number of carbonyl (C=O) groups is 1. The number of amides is 1. The number of ether oxygens (including phenoxy) is 2. The second-order valence-corrected chi connectivity index (χ2v) is 5.24. The van der Waals surface area contributed by atoms with Crippen molar-refractivity contribution in [3.05, 3.63) is 53.6 Å². The van der Waals surface area contributed by atoms with Crippen LogP contribution in [0.25, 0.3) is 0 Å². The summed E-state index contributed by atoms with van der Waals surface area (Å²) in [5.74, 6) is 0.956. The van der Waals surface area contributed by atoms with E-state index in [9.17, 15) is 4.79 Å². The van der Waals surface area contributed by atoms with Crippen LogP contribution in [0.3, 0.4) is 0 Å². The lowest BCUT2D eigenvalue weighted by Crippen LogP contribution is -2.46. The normalized spacial score (nSPS) is 19.9. The van der Waals surface area contributed by atoms with Crippen molar-refractivity contribution in [2.24, 2.45) is 0 Å². The number of fused-ring (bicyclic) bond motifs is 1. The van der Waals surface area contributed by atoms with Crippen molar-refractivity contribution in [3.8, 4) is 11.5 Å². The van der Waals surface area contributed by atoms with E-state index in [1.807, 2.05) is 18.2 Å². The minimum Gasteiger partial charge on any atom is -0.482 e. The lowest BCUT2D eigenvalue weighted by atomic mass is 10.1. The highest BCUT2D eigenvalue weighted by molar-refractivity contribution is 6.30. The van der Waals surface area contributed by atoms with Gasteiger partial charge in [-0.1, -0.05) is 29.8 Å². The molecule has 2 atom stereocenters. The van der Waals surface area contributed by atoms with Crippen LogP contribution >= 0.6 is 11.6 Å². The van der Waals surface area contributed by atoms with Gasteiger partial charge in [0.05, 0.1) is 0 Å². The number of rotatable bonds is 2. The van der Waals surface area contributed by atoms with Crippen molar-refractivity contribution in [3.63, 3.8) is 0 Å².